The summed E-state index contributed by atoms with van der Waals surface area (Å²) in [7, 11) is 0. The molecule has 0 unspecified atom stereocenters. The van der Waals surface area contributed by atoms with Gasteiger partial charge in [-0.15, -0.1) is 0 Å². The number of nitrogen functional groups attached to an aromatic ring is 1. The van der Waals surface area contributed by atoms with Crippen LogP contribution in [0.3, 0.4) is 0 Å². The molecule has 2 aromatic rings. The summed E-state index contributed by atoms with van der Waals surface area (Å²) < 4.78 is 55.9. The average Bonchev–Trinajstić information content (AvgIpc) is 2.29. The second kappa shape index (κ2) is 4.95. The lowest BCUT2D eigenvalue weighted by molar-refractivity contribution is -0.140. The van der Waals surface area contributed by atoms with Gasteiger partial charge in [0.2, 0.25) is 5.88 Å². The Kier molecular flexibility index (Phi) is 3.47. The van der Waals surface area contributed by atoms with E-state index in [1.54, 1.807) is 6.92 Å². The molecular formula is C12H9F4N3O. The summed E-state index contributed by atoms with van der Waals surface area (Å²) in [5, 5.41) is 0. The summed E-state index contributed by atoms with van der Waals surface area (Å²) >= 11 is 0. The first-order valence-electron chi connectivity index (χ1n) is 5.41. The molecule has 0 aliphatic heterocycles. The predicted octanol–water partition coefficient (Wildman–Crippen LogP) is 3.32. The smallest absolute Gasteiger partial charge is 0.419 e. The fraction of sp³-hybridized carbons (Fsp3) is 0.167. The van der Waals surface area contributed by atoms with Crippen molar-refractivity contribution in [1.29, 1.82) is 0 Å². The highest BCUT2D eigenvalue weighted by Crippen LogP contribution is 2.34. The largest absolute Gasteiger partial charge is 0.439 e. The predicted molar refractivity (Wildman–Crippen MR) is 62.7 cm³/mol. The molecule has 0 saturated heterocycles. The fourth-order valence-corrected chi connectivity index (χ4v) is 1.52. The van der Waals surface area contributed by atoms with Gasteiger partial charge in [0.1, 0.15) is 23.2 Å². The maximum Gasteiger partial charge on any atom is 0.419 e. The van der Waals surface area contributed by atoms with Crippen molar-refractivity contribution in [3.63, 3.8) is 0 Å². The van der Waals surface area contributed by atoms with Gasteiger partial charge in [-0.3, -0.25) is 0 Å². The first kappa shape index (κ1) is 14.0. The van der Waals surface area contributed by atoms with Crippen LogP contribution in [0.2, 0.25) is 0 Å². The van der Waals surface area contributed by atoms with E-state index in [2.05, 4.69) is 9.97 Å². The molecule has 1 aromatic heterocycles. The number of ether oxygens (including phenoxy) is 1. The summed E-state index contributed by atoms with van der Waals surface area (Å²) in [5.74, 6) is -1.17. The van der Waals surface area contributed by atoms with Crippen molar-refractivity contribution >= 4 is 5.82 Å². The van der Waals surface area contributed by atoms with Gasteiger partial charge in [-0.1, -0.05) is 0 Å². The van der Waals surface area contributed by atoms with Gasteiger partial charge in [-0.2, -0.15) is 18.2 Å². The van der Waals surface area contributed by atoms with Crippen LogP contribution in [-0.2, 0) is 6.18 Å². The number of aryl methyl sites for hydroxylation is 1. The number of hydrogen-bond acceptors (Lipinski definition) is 4. The number of benzene rings is 1. The Labute approximate surface area is 111 Å². The normalized spacial score (nSPS) is 11.4. The van der Waals surface area contributed by atoms with Gasteiger partial charge in [0.05, 0.1) is 5.56 Å². The van der Waals surface area contributed by atoms with Gasteiger partial charge < -0.3 is 10.5 Å². The maximum atomic E-state index is 13.1. The molecular weight excluding hydrogens is 278 g/mol. The highest BCUT2D eigenvalue weighted by Gasteiger charge is 2.34. The highest BCUT2D eigenvalue weighted by atomic mass is 19.4. The number of anilines is 1. The van der Waals surface area contributed by atoms with E-state index in [1.165, 1.54) is 6.07 Å². The van der Waals surface area contributed by atoms with Crippen molar-refractivity contribution < 1.29 is 22.3 Å². The van der Waals surface area contributed by atoms with Crippen LogP contribution in [0.25, 0.3) is 0 Å². The average molecular weight is 287 g/mol. The summed E-state index contributed by atoms with van der Waals surface area (Å²) in [6.45, 7) is 1.55. The first-order valence-corrected chi connectivity index (χ1v) is 5.41. The zero-order valence-corrected chi connectivity index (χ0v) is 10.2. The molecule has 106 valence electrons. The van der Waals surface area contributed by atoms with Crippen LogP contribution in [0.15, 0.2) is 24.3 Å². The van der Waals surface area contributed by atoms with Crippen molar-refractivity contribution in [2.75, 3.05) is 5.73 Å². The van der Waals surface area contributed by atoms with Crippen LogP contribution in [-0.4, -0.2) is 9.97 Å². The maximum absolute atomic E-state index is 13.1. The van der Waals surface area contributed by atoms with Crippen LogP contribution in [0.5, 0.6) is 11.6 Å². The standard InChI is InChI=1S/C12H9F4N3O/c1-6-18-10(17)5-11(19-6)20-7-2-3-9(13)8(4-7)12(14,15)16/h2-5H,1H3,(H2,17,18,19). The lowest BCUT2D eigenvalue weighted by Gasteiger charge is -2.11. The van der Waals surface area contributed by atoms with Crippen LogP contribution < -0.4 is 10.5 Å². The molecule has 0 bridgehead atoms. The Morgan fingerprint density at radius 2 is 1.85 bits per heavy atom. The number of rotatable bonds is 2. The minimum atomic E-state index is -4.80. The van der Waals surface area contributed by atoms with Gasteiger partial charge in [0, 0.05) is 6.07 Å². The zero-order chi connectivity index (χ0) is 14.9. The summed E-state index contributed by atoms with van der Waals surface area (Å²) in [6.07, 6.45) is -4.80. The number of aromatic nitrogens is 2. The Bertz CT molecular complexity index is 623. The van der Waals surface area contributed by atoms with E-state index in [-0.39, 0.29) is 17.4 Å². The lowest BCUT2D eigenvalue weighted by atomic mass is 10.2. The number of hydrogen-bond donors (Lipinski definition) is 1. The zero-order valence-electron chi connectivity index (χ0n) is 10.2. The Morgan fingerprint density at radius 1 is 1.15 bits per heavy atom. The van der Waals surface area contributed by atoms with Crippen molar-refractivity contribution in [2.45, 2.75) is 13.1 Å². The molecule has 4 nitrogen and oxygen atoms in total. The van der Waals surface area contributed by atoms with Crippen molar-refractivity contribution in [3.05, 3.63) is 41.5 Å². The lowest BCUT2D eigenvalue weighted by Crippen LogP contribution is -2.08. The third kappa shape index (κ3) is 3.14. The van der Waals surface area contributed by atoms with E-state index in [1.807, 2.05) is 0 Å². The fourth-order valence-electron chi connectivity index (χ4n) is 1.52. The SMILES string of the molecule is Cc1nc(N)cc(Oc2ccc(F)c(C(F)(F)F)c2)n1. The number of halogens is 4. The van der Waals surface area contributed by atoms with Gasteiger partial charge in [0.15, 0.2) is 0 Å². The highest BCUT2D eigenvalue weighted by molar-refractivity contribution is 5.37. The first-order chi connectivity index (χ1) is 9.25. The Morgan fingerprint density at radius 3 is 2.45 bits per heavy atom. The Balaban J connectivity index is 2.35. The summed E-state index contributed by atoms with van der Waals surface area (Å²) in [4.78, 5) is 7.65. The summed E-state index contributed by atoms with van der Waals surface area (Å²) in [5.41, 5.74) is 4.06. The molecule has 20 heavy (non-hydrogen) atoms. The van der Waals surface area contributed by atoms with E-state index in [4.69, 9.17) is 10.5 Å². The van der Waals surface area contributed by atoms with Crippen LogP contribution >= 0.6 is 0 Å². The van der Waals surface area contributed by atoms with Gasteiger partial charge in [0.25, 0.3) is 0 Å². The number of alkyl halides is 3. The molecule has 1 aromatic carbocycles. The molecule has 0 amide bonds. The third-order valence-corrected chi connectivity index (χ3v) is 2.30. The minimum absolute atomic E-state index is 0.0188. The molecule has 0 atom stereocenters. The Hall–Kier alpha value is -2.38. The van der Waals surface area contributed by atoms with E-state index >= 15 is 0 Å². The minimum Gasteiger partial charge on any atom is -0.439 e. The van der Waals surface area contributed by atoms with Gasteiger partial charge >= 0.3 is 6.18 Å². The van der Waals surface area contributed by atoms with Crippen molar-refractivity contribution in [2.24, 2.45) is 0 Å². The van der Waals surface area contributed by atoms with Gasteiger partial charge in [-0.25, -0.2) is 9.37 Å². The second-order valence-electron chi connectivity index (χ2n) is 3.92. The van der Waals surface area contributed by atoms with E-state index in [9.17, 15) is 17.6 Å². The van der Waals surface area contributed by atoms with E-state index in [0.717, 1.165) is 6.07 Å². The molecule has 8 heteroatoms. The topological polar surface area (TPSA) is 61.0 Å². The van der Waals surface area contributed by atoms with E-state index < -0.39 is 17.6 Å². The van der Waals surface area contributed by atoms with Crippen LogP contribution in [0, 0.1) is 12.7 Å². The number of nitrogens with zero attached hydrogens (tertiary/aromatic N) is 2. The monoisotopic (exact) mass is 287 g/mol. The molecule has 0 radical (unpaired) electrons. The second-order valence-corrected chi connectivity index (χ2v) is 3.92. The summed E-state index contributed by atoms with van der Waals surface area (Å²) in [6, 6.07) is 3.56. The molecule has 0 fully saturated rings. The van der Waals surface area contributed by atoms with E-state index in [0.29, 0.717) is 18.0 Å². The molecule has 0 spiro atoms. The molecule has 2 N–H and O–H groups in total. The molecule has 0 aliphatic rings. The third-order valence-electron chi connectivity index (χ3n) is 2.30. The molecule has 1 heterocycles. The number of nitrogens with two attached hydrogens (primary N) is 1. The van der Waals surface area contributed by atoms with Gasteiger partial charge in [-0.05, 0) is 25.1 Å². The molecule has 0 saturated carbocycles. The molecule has 0 aliphatic carbocycles. The van der Waals surface area contributed by atoms with Crippen molar-refractivity contribution in [3.8, 4) is 11.6 Å². The van der Waals surface area contributed by atoms with Crippen LogP contribution in [0.1, 0.15) is 11.4 Å². The van der Waals surface area contributed by atoms with Crippen LogP contribution in [0.4, 0.5) is 23.4 Å². The molecule has 2 rings (SSSR count). The van der Waals surface area contributed by atoms with Crippen molar-refractivity contribution in [1.82, 2.24) is 9.97 Å². The quantitative estimate of drug-likeness (QED) is 0.861.